The lowest BCUT2D eigenvalue weighted by Crippen LogP contribution is -2.50. The van der Waals surface area contributed by atoms with Crippen molar-refractivity contribution in [2.45, 2.75) is 56.4 Å². The second-order valence-corrected chi connectivity index (χ2v) is 6.23. The van der Waals surface area contributed by atoms with Crippen molar-refractivity contribution in [2.75, 3.05) is 26.8 Å². The molecule has 2 atom stereocenters. The highest BCUT2D eigenvalue weighted by atomic mass is 16.5. The van der Waals surface area contributed by atoms with E-state index in [1.54, 1.807) is 7.11 Å². The number of methoxy groups -OCH3 is 1. The quantitative estimate of drug-likeness (QED) is 0.311. The summed E-state index contributed by atoms with van der Waals surface area (Å²) in [6, 6.07) is 0.354. The Morgan fingerprint density at radius 3 is 2.73 bits per heavy atom. The van der Waals surface area contributed by atoms with Crippen LogP contribution in [-0.2, 0) is 9.53 Å². The Morgan fingerprint density at radius 1 is 1.41 bits per heavy atom. The van der Waals surface area contributed by atoms with Gasteiger partial charge in [-0.05, 0) is 38.5 Å². The molecule has 0 radical (unpaired) electrons. The second kappa shape index (κ2) is 9.47. The maximum Gasteiger partial charge on any atom is 0.451 e. The van der Waals surface area contributed by atoms with Gasteiger partial charge in [-0.15, -0.1) is 0 Å². The smallest absolute Gasteiger partial charge is 0.451 e. The van der Waals surface area contributed by atoms with E-state index in [1.807, 2.05) is 0 Å². The molecule has 0 aromatic rings. The van der Waals surface area contributed by atoms with Gasteiger partial charge in [0.05, 0.1) is 6.61 Å². The van der Waals surface area contributed by atoms with E-state index >= 15 is 0 Å². The fourth-order valence-electron chi connectivity index (χ4n) is 3.02. The van der Waals surface area contributed by atoms with Crippen LogP contribution in [0.4, 0.5) is 0 Å². The summed E-state index contributed by atoms with van der Waals surface area (Å²) in [6.07, 6.45) is 4.29. The Morgan fingerprint density at radius 2 is 2.14 bits per heavy atom. The number of ether oxygens (including phenoxy) is 1. The summed E-state index contributed by atoms with van der Waals surface area (Å²) in [7, 11) is 0.340. The van der Waals surface area contributed by atoms with Crippen LogP contribution in [0.5, 0.6) is 0 Å². The molecule has 22 heavy (non-hydrogen) atoms. The zero-order valence-electron chi connectivity index (χ0n) is 13.4. The van der Waals surface area contributed by atoms with Crippen LogP contribution in [-0.4, -0.2) is 71.5 Å². The molecule has 5 N–H and O–H groups in total. The van der Waals surface area contributed by atoms with E-state index in [2.05, 4.69) is 4.90 Å². The van der Waals surface area contributed by atoms with Gasteiger partial charge in [-0.2, -0.15) is 0 Å². The molecule has 0 aliphatic carbocycles. The van der Waals surface area contributed by atoms with Gasteiger partial charge in [0.15, 0.2) is 0 Å². The third-order valence-corrected chi connectivity index (χ3v) is 4.46. The average Bonchev–Trinajstić information content (AvgIpc) is 2.89. The number of likely N-dealkylation sites (tertiary alicyclic amines) is 1. The van der Waals surface area contributed by atoms with Crippen molar-refractivity contribution in [3.63, 3.8) is 0 Å². The predicted molar refractivity (Wildman–Crippen MR) is 84.5 cm³/mol. The topological polar surface area (TPSA) is 116 Å². The molecule has 8 heteroatoms. The van der Waals surface area contributed by atoms with Gasteiger partial charge >= 0.3 is 13.1 Å². The number of aliphatic carboxylic acids is 1. The van der Waals surface area contributed by atoms with Crippen LogP contribution >= 0.6 is 0 Å². The van der Waals surface area contributed by atoms with E-state index in [9.17, 15) is 9.90 Å². The second-order valence-electron chi connectivity index (χ2n) is 6.23. The highest BCUT2D eigenvalue weighted by Crippen LogP contribution is 2.22. The van der Waals surface area contributed by atoms with Gasteiger partial charge in [-0.3, -0.25) is 9.69 Å². The normalized spacial score (nSPS) is 21.7. The zero-order valence-corrected chi connectivity index (χ0v) is 13.4. The average molecular weight is 316 g/mol. The standard InChI is InChI=1S/C14H29BN2O5/c1-22-11-12-5-4-9-17(12)10-7-14(16,13(18)19)6-2-3-8-15(20)21/h12,20-21H,2-11,16H2,1H3,(H,18,19). The molecule has 2 unspecified atom stereocenters. The Labute approximate surface area is 132 Å². The summed E-state index contributed by atoms with van der Waals surface area (Å²) in [5.74, 6) is -0.987. The lowest BCUT2D eigenvalue weighted by molar-refractivity contribution is -0.144. The fourth-order valence-corrected chi connectivity index (χ4v) is 3.02. The molecule has 1 aliphatic rings. The summed E-state index contributed by atoms with van der Waals surface area (Å²) in [4.78, 5) is 13.7. The van der Waals surface area contributed by atoms with Crippen LogP contribution in [0.15, 0.2) is 0 Å². The number of nitrogens with two attached hydrogens (primary N) is 1. The van der Waals surface area contributed by atoms with E-state index in [4.69, 9.17) is 20.5 Å². The Balaban J connectivity index is 2.43. The molecule has 1 heterocycles. The number of nitrogens with zero attached hydrogens (tertiary/aromatic N) is 1. The highest BCUT2D eigenvalue weighted by Gasteiger charge is 2.35. The first-order valence-corrected chi connectivity index (χ1v) is 8.00. The number of unbranched alkanes of at least 4 members (excludes halogenated alkanes) is 1. The van der Waals surface area contributed by atoms with Crippen LogP contribution in [0.25, 0.3) is 0 Å². The molecule has 1 aliphatic heterocycles. The summed E-state index contributed by atoms with van der Waals surface area (Å²) in [6.45, 7) is 2.28. The molecule has 128 valence electrons. The van der Waals surface area contributed by atoms with Crippen molar-refractivity contribution in [1.82, 2.24) is 4.90 Å². The number of hydrogen-bond donors (Lipinski definition) is 4. The van der Waals surface area contributed by atoms with Crippen LogP contribution < -0.4 is 5.73 Å². The van der Waals surface area contributed by atoms with E-state index < -0.39 is 18.6 Å². The summed E-state index contributed by atoms with van der Waals surface area (Å²) >= 11 is 0. The fraction of sp³-hybridized carbons (Fsp3) is 0.929. The number of carbonyl (C=O) groups is 1. The molecular weight excluding hydrogens is 287 g/mol. The van der Waals surface area contributed by atoms with Crippen LogP contribution in [0, 0.1) is 0 Å². The molecule has 0 spiro atoms. The van der Waals surface area contributed by atoms with Crippen molar-refractivity contribution in [1.29, 1.82) is 0 Å². The monoisotopic (exact) mass is 316 g/mol. The highest BCUT2D eigenvalue weighted by molar-refractivity contribution is 6.40. The van der Waals surface area contributed by atoms with Gasteiger partial charge in [-0.25, -0.2) is 0 Å². The van der Waals surface area contributed by atoms with Gasteiger partial charge in [0.2, 0.25) is 0 Å². The van der Waals surface area contributed by atoms with Crippen molar-refractivity contribution in [2.24, 2.45) is 5.73 Å². The van der Waals surface area contributed by atoms with Crippen molar-refractivity contribution in [3.05, 3.63) is 0 Å². The first-order valence-electron chi connectivity index (χ1n) is 8.00. The molecule has 7 nitrogen and oxygen atoms in total. The molecule has 0 amide bonds. The number of carboxylic acid groups (broad SMARTS) is 1. The maximum absolute atomic E-state index is 11.5. The first kappa shape index (κ1) is 19.4. The summed E-state index contributed by atoms with van der Waals surface area (Å²) < 4.78 is 5.20. The molecule has 0 aromatic heterocycles. The van der Waals surface area contributed by atoms with Gasteiger partial charge in [0, 0.05) is 19.7 Å². The molecule has 1 saturated heterocycles. The SMILES string of the molecule is COCC1CCCN1CCC(N)(CCCCB(O)O)C(=O)O. The van der Waals surface area contributed by atoms with Crippen LogP contribution in [0.3, 0.4) is 0 Å². The van der Waals surface area contributed by atoms with Gasteiger partial charge < -0.3 is 25.6 Å². The lowest BCUT2D eigenvalue weighted by atomic mass is 9.81. The number of hydrogen-bond acceptors (Lipinski definition) is 6. The number of rotatable bonds is 11. The van der Waals surface area contributed by atoms with Gasteiger partial charge in [-0.1, -0.05) is 12.8 Å². The van der Waals surface area contributed by atoms with E-state index in [-0.39, 0.29) is 6.32 Å². The molecule has 0 saturated carbocycles. The summed E-state index contributed by atoms with van der Waals surface area (Å²) in [5, 5.41) is 27.0. The molecule has 1 fully saturated rings. The minimum absolute atomic E-state index is 0.248. The Kier molecular flexibility index (Phi) is 8.34. The zero-order chi connectivity index (χ0) is 16.6. The number of carboxylic acids is 1. The van der Waals surface area contributed by atoms with Crippen LogP contribution in [0.2, 0.25) is 6.32 Å². The first-order chi connectivity index (χ1) is 10.4. The lowest BCUT2D eigenvalue weighted by Gasteiger charge is -2.30. The van der Waals surface area contributed by atoms with E-state index in [1.165, 1.54) is 0 Å². The molecule has 0 bridgehead atoms. The Hall–Kier alpha value is -0.665. The summed E-state index contributed by atoms with van der Waals surface area (Å²) in [5.41, 5.74) is 4.82. The molecular formula is C14H29BN2O5. The van der Waals surface area contributed by atoms with E-state index in [0.717, 1.165) is 19.4 Å². The van der Waals surface area contributed by atoms with Crippen molar-refractivity contribution in [3.8, 4) is 0 Å². The third-order valence-electron chi connectivity index (χ3n) is 4.46. The van der Waals surface area contributed by atoms with E-state index in [0.29, 0.717) is 44.9 Å². The Bertz CT molecular complexity index is 345. The van der Waals surface area contributed by atoms with Crippen molar-refractivity contribution < 1.29 is 24.7 Å². The van der Waals surface area contributed by atoms with Crippen LogP contribution in [0.1, 0.15) is 38.5 Å². The minimum Gasteiger partial charge on any atom is -0.480 e. The van der Waals surface area contributed by atoms with Gasteiger partial charge in [0.25, 0.3) is 0 Å². The molecule has 1 rings (SSSR count). The predicted octanol–water partition coefficient (Wildman–Crippen LogP) is -0.0875. The minimum atomic E-state index is -1.34. The molecule has 0 aromatic carbocycles. The maximum atomic E-state index is 11.5. The third kappa shape index (κ3) is 6.22. The van der Waals surface area contributed by atoms with Gasteiger partial charge in [0.1, 0.15) is 5.54 Å². The largest absolute Gasteiger partial charge is 0.480 e. The van der Waals surface area contributed by atoms with Crippen molar-refractivity contribution >= 4 is 13.1 Å².